The number of nitrogens with zero attached hydrogens (tertiary/aromatic N) is 1. The van der Waals surface area contributed by atoms with Gasteiger partial charge in [0.1, 0.15) is 18.3 Å². The highest BCUT2D eigenvalue weighted by Gasteiger charge is 2.49. The average molecular weight is 295 g/mol. The Morgan fingerprint density at radius 2 is 2.11 bits per heavy atom. The molecule has 0 aliphatic carbocycles. The van der Waals surface area contributed by atoms with E-state index < -0.39 is 6.10 Å². The van der Waals surface area contributed by atoms with E-state index in [0.29, 0.717) is 13.2 Å². The van der Waals surface area contributed by atoms with Crippen molar-refractivity contribution < 1.29 is 34.3 Å². The third-order valence-electron chi connectivity index (χ3n) is 2.91. The Morgan fingerprint density at radius 1 is 1.37 bits per heavy atom. The third kappa shape index (κ3) is 3.78. The normalized spacial score (nSPS) is 33.7. The summed E-state index contributed by atoms with van der Waals surface area (Å²) in [4.78, 5) is 16.0. The predicted octanol–water partition coefficient (Wildman–Crippen LogP) is -0.170. The van der Waals surface area contributed by atoms with Crippen LogP contribution in [-0.4, -0.2) is 70.9 Å². The minimum absolute atomic E-state index is 0.00819. The van der Waals surface area contributed by atoms with Gasteiger partial charge in [0.15, 0.2) is 0 Å². The number of fused-ring (bicyclic) bond motifs is 1. The van der Waals surface area contributed by atoms with Crippen molar-refractivity contribution in [3.63, 3.8) is 0 Å². The van der Waals surface area contributed by atoms with Gasteiger partial charge < -0.3 is 14.2 Å². The predicted molar refractivity (Wildman–Crippen MR) is 62.6 cm³/mol. The largest absolute Gasteiger partial charge is 0.465 e. The average Bonchev–Trinajstić information content (AvgIpc) is 2.90. The molecule has 0 amide bonds. The summed E-state index contributed by atoms with van der Waals surface area (Å²) in [7, 11) is 0. The first-order valence-corrected chi connectivity index (χ1v) is 7.01. The molecular weight excluding hydrogens is 278 g/mol. The van der Waals surface area contributed by atoms with Crippen LogP contribution in [0, 0.1) is 0 Å². The quantitative estimate of drug-likeness (QED) is 0.511. The third-order valence-corrected chi connectivity index (χ3v) is 4.15. The van der Waals surface area contributed by atoms with E-state index in [1.807, 2.05) is 0 Å². The van der Waals surface area contributed by atoms with Gasteiger partial charge >= 0.3 is 5.97 Å². The van der Waals surface area contributed by atoms with Crippen molar-refractivity contribution in [2.24, 2.45) is 0 Å². The monoisotopic (exact) mass is 295 g/mol. The fourth-order valence-electron chi connectivity index (χ4n) is 2.16. The molecule has 0 radical (unpaired) electrons. The Bertz CT molecular complexity index is 316. The first-order chi connectivity index (χ1) is 9.11. The standard InChI is InChI=1S/C10H17NO7S/c1-2-15-8(12)5-19-7-4-17-9-6(18-11(13)14)3-16-10(7)9/h6-7,9-10,13-14H,2-5H2,1H3/t6-,7+,9-,10-/m1/s1. The molecule has 0 aromatic carbocycles. The van der Waals surface area contributed by atoms with Crippen LogP contribution in [0.3, 0.4) is 0 Å². The van der Waals surface area contributed by atoms with E-state index in [4.69, 9.17) is 29.5 Å². The molecule has 2 N–H and O–H groups in total. The molecule has 2 aliphatic rings. The van der Waals surface area contributed by atoms with E-state index in [0.717, 1.165) is 0 Å². The van der Waals surface area contributed by atoms with Crippen LogP contribution in [0.2, 0.25) is 0 Å². The number of hydrogen-bond acceptors (Lipinski definition) is 9. The molecule has 2 heterocycles. The molecule has 9 heteroatoms. The van der Waals surface area contributed by atoms with Crippen LogP contribution in [0.1, 0.15) is 6.92 Å². The van der Waals surface area contributed by atoms with Gasteiger partial charge in [0, 0.05) is 0 Å². The molecular formula is C10H17NO7S. The van der Waals surface area contributed by atoms with Crippen molar-refractivity contribution in [1.82, 2.24) is 5.39 Å². The van der Waals surface area contributed by atoms with Crippen LogP contribution in [0.25, 0.3) is 0 Å². The first-order valence-electron chi connectivity index (χ1n) is 5.97. The summed E-state index contributed by atoms with van der Waals surface area (Å²) in [6.45, 7) is 2.76. The van der Waals surface area contributed by atoms with Crippen LogP contribution in [0.5, 0.6) is 0 Å². The van der Waals surface area contributed by atoms with Crippen molar-refractivity contribution in [3.05, 3.63) is 0 Å². The highest BCUT2D eigenvalue weighted by atomic mass is 32.2. The highest BCUT2D eigenvalue weighted by molar-refractivity contribution is 8.00. The minimum Gasteiger partial charge on any atom is -0.465 e. The molecule has 110 valence electrons. The molecule has 2 fully saturated rings. The number of rotatable bonds is 6. The summed E-state index contributed by atoms with van der Waals surface area (Å²) in [5.41, 5.74) is 0. The number of hydrogen-bond donors (Lipinski definition) is 2. The number of carbonyl (C=O) groups is 1. The maximum absolute atomic E-state index is 11.3. The second-order valence-electron chi connectivity index (χ2n) is 4.15. The van der Waals surface area contributed by atoms with E-state index in [1.165, 1.54) is 11.8 Å². The second-order valence-corrected chi connectivity index (χ2v) is 5.37. The smallest absolute Gasteiger partial charge is 0.315 e. The van der Waals surface area contributed by atoms with Gasteiger partial charge in [-0.3, -0.25) is 15.2 Å². The lowest BCUT2D eigenvalue weighted by Crippen LogP contribution is -2.36. The molecule has 8 nitrogen and oxygen atoms in total. The fraction of sp³-hybridized carbons (Fsp3) is 0.900. The Morgan fingerprint density at radius 3 is 2.79 bits per heavy atom. The van der Waals surface area contributed by atoms with Crippen molar-refractivity contribution in [2.45, 2.75) is 30.5 Å². The van der Waals surface area contributed by atoms with Crippen molar-refractivity contribution in [2.75, 3.05) is 25.6 Å². The van der Waals surface area contributed by atoms with Crippen LogP contribution >= 0.6 is 11.8 Å². The molecule has 2 saturated heterocycles. The van der Waals surface area contributed by atoms with Gasteiger partial charge in [-0.05, 0) is 6.92 Å². The number of ether oxygens (including phenoxy) is 3. The van der Waals surface area contributed by atoms with E-state index in [2.05, 4.69) is 0 Å². The number of thioether (sulfide) groups is 1. The van der Waals surface area contributed by atoms with Crippen LogP contribution in [-0.2, 0) is 23.8 Å². The van der Waals surface area contributed by atoms with Crippen LogP contribution in [0.4, 0.5) is 0 Å². The van der Waals surface area contributed by atoms with E-state index in [9.17, 15) is 4.79 Å². The van der Waals surface area contributed by atoms with Crippen molar-refractivity contribution >= 4 is 17.7 Å². The zero-order chi connectivity index (χ0) is 13.8. The van der Waals surface area contributed by atoms with Gasteiger partial charge in [-0.2, -0.15) is 0 Å². The van der Waals surface area contributed by atoms with Gasteiger partial charge in [-0.15, -0.1) is 11.8 Å². The first kappa shape index (κ1) is 15.0. The molecule has 0 aromatic heterocycles. The van der Waals surface area contributed by atoms with Gasteiger partial charge in [0.05, 0.1) is 36.2 Å². The fourth-order valence-corrected chi connectivity index (χ4v) is 3.19. The lowest BCUT2D eigenvalue weighted by Gasteiger charge is -2.17. The van der Waals surface area contributed by atoms with Gasteiger partial charge in [-0.1, -0.05) is 0 Å². The number of carbonyl (C=O) groups excluding carboxylic acids is 1. The van der Waals surface area contributed by atoms with Gasteiger partial charge in [0.2, 0.25) is 0 Å². The van der Waals surface area contributed by atoms with Crippen molar-refractivity contribution in [1.29, 1.82) is 0 Å². The lowest BCUT2D eigenvalue weighted by atomic mass is 10.1. The molecule has 0 spiro atoms. The van der Waals surface area contributed by atoms with Gasteiger partial charge in [-0.25, -0.2) is 4.84 Å². The molecule has 0 unspecified atom stereocenters. The summed E-state index contributed by atoms with van der Waals surface area (Å²) in [5.74, 6) is -0.0230. The molecule has 0 bridgehead atoms. The zero-order valence-corrected chi connectivity index (χ0v) is 11.2. The summed E-state index contributed by atoms with van der Waals surface area (Å²) >= 11 is 1.41. The molecule has 2 rings (SSSR count). The van der Waals surface area contributed by atoms with Crippen LogP contribution in [0.15, 0.2) is 0 Å². The summed E-state index contributed by atoms with van der Waals surface area (Å²) in [5, 5.41) is 16.9. The maximum Gasteiger partial charge on any atom is 0.315 e. The summed E-state index contributed by atoms with van der Waals surface area (Å²) in [6.07, 6.45) is -1.14. The molecule has 4 atom stereocenters. The molecule has 2 aliphatic heterocycles. The lowest BCUT2D eigenvalue weighted by molar-refractivity contribution is -0.507. The molecule has 19 heavy (non-hydrogen) atoms. The SMILES string of the molecule is CCOC(=O)CS[C@H]1CO[C@H]2[C@@H]1OC[C@H]2ON(O)O. The Balaban J connectivity index is 1.79. The minimum atomic E-state index is -0.562. The molecule has 0 saturated carbocycles. The van der Waals surface area contributed by atoms with E-state index in [1.54, 1.807) is 6.92 Å². The summed E-state index contributed by atoms with van der Waals surface area (Å²) < 4.78 is 15.9. The summed E-state index contributed by atoms with van der Waals surface area (Å²) in [6, 6.07) is 0. The Labute approximate surface area is 114 Å². The van der Waals surface area contributed by atoms with Crippen molar-refractivity contribution in [3.8, 4) is 0 Å². The molecule has 0 aromatic rings. The second kappa shape index (κ2) is 6.84. The Hall–Kier alpha value is -0.420. The maximum atomic E-state index is 11.3. The van der Waals surface area contributed by atoms with Crippen LogP contribution < -0.4 is 0 Å². The van der Waals surface area contributed by atoms with Gasteiger partial charge in [0.25, 0.3) is 0 Å². The van der Waals surface area contributed by atoms with E-state index in [-0.39, 0.29) is 41.2 Å². The topological polar surface area (TPSA) is 97.7 Å². The number of esters is 1. The highest BCUT2D eigenvalue weighted by Crippen LogP contribution is 2.35. The zero-order valence-electron chi connectivity index (χ0n) is 10.4. The van der Waals surface area contributed by atoms with E-state index >= 15 is 0 Å². The Kier molecular flexibility index (Phi) is 5.39.